The number of benzene rings is 1. The number of sulfonamides is 1. The third-order valence-corrected chi connectivity index (χ3v) is 5.53. The first kappa shape index (κ1) is 17.8. The number of nitro groups is 1. The highest BCUT2D eigenvalue weighted by Crippen LogP contribution is 2.28. The molecule has 0 bridgehead atoms. The summed E-state index contributed by atoms with van der Waals surface area (Å²) >= 11 is 0. The number of rotatable bonds is 3. The van der Waals surface area contributed by atoms with Gasteiger partial charge in [0, 0.05) is 25.2 Å². The van der Waals surface area contributed by atoms with Crippen LogP contribution >= 0.6 is 12.4 Å². The molecule has 1 aliphatic heterocycles. The Kier molecular flexibility index (Phi) is 5.68. The highest BCUT2D eigenvalue weighted by molar-refractivity contribution is 7.89. The van der Waals surface area contributed by atoms with Crippen LogP contribution in [-0.2, 0) is 10.0 Å². The number of nitro benzene ring substituents is 1. The monoisotopic (exact) mass is 335 g/mol. The van der Waals surface area contributed by atoms with Gasteiger partial charge in [0.15, 0.2) is 4.90 Å². The molecule has 2 unspecified atom stereocenters. The van der Waals surface area contributed by atoms with Crippen LogP contribution in [0.5, 0.6) is 0 Å². The highest BCUT2D eigenvalue weighted by Gasteiger charge is 2.35. The van der Waals surface area contributed by atoms with Crippen molar-refractivity contribution in [2.24, 2.45) is 11.7 Å². The highest BCUT2D eigenvalue weighted by atomic mass is 35.5. The number of hydrogen-bond acceptors (Lipinski definition) is 5. The Morgan fingerprint density at radius 3 is 2.57 bits per heavy atom. The summed E-state index contributed by atoms with van der Waals surface area (Å²) in [5.41, 5.74) is 5.48. The van der Waals surface area contributed by atoms with Crippen LogP contribution in [0, 0.1) is 16.0 Å². The number of nitrogens with two attached hydrogens (primary N) is 1. The smallest absolute Gasteiger partial charge is 0.289 e. The van der Waals surface area contributed by atoms with Gasteiger partial charge in [0.2, 0.25) is 10.0 Å². The minimum absolute atomic E-state index is 0. The zero-order valence-electron chi connectivity index (χ0n) is 11.5. The van der Waals surface area contributed by atoms with Crippen molar-refractivity contribution in [2.45, 2.75) is 24.3 Å². The second-order valence-corrected chi connectivity index (χ2v) is 6.92. The van der Waals surface area contributed by atoms with E-state index in [1.807, 2.05) is 6.92 Å². The summed E-state index contributed by atoms with van der Waals surface area (Å²) in [6, 6.07) is 5.37. The molecule has 1 aromatic carbocycles. The van der Waals surface area contributed by atoms with Gasteiger partial charge in [0.1, 0.15) is 0 Å². The summed E-state index contributed by atoms with van der Waals surface area (Å²) in [6.45, 7) is 2.46. The van der Waals surface area contributed by atoms with Crippen LogP contribution in [0.4, 0.5) is 5.69 Å². The maximum atomic E-state index is 12.5. The van der Waals surface area contributed by atoms with E-state index in [9.17, 15) is 18.5 Å². The fourth-order valence-corrected chi connectivity index (χ4v) is 4.02. The molecule has 2 N–H and O–H groups in total. The molecule has 1 saturated heterocycles. The maximum Gasteiger partial charge on any atom is 0.289 e. The van der Waals surface area contributed by atoms with Crippen LogP contribution in [0.15, 0.2) is 29.2 Å². The Hall–Kier alpha value is -1.22. The summed E-state index contributed by atoms with van der Waals surface area (Å²) in [5.74, 6) is 0.0290. The first-order chi connectivity index (χ1) is 9.34. The van der Waals surface area contributed by atoms with Crippen molar-refractivity contribution in [2.75, 3.05) is 13.1 Å². The van der Waals surface area contributed by atoms with Gasteiger partial charge < -0.3 is 5.73 Å². The minimum Gasteiger partial charge on any atom is -0.327 e. The van der Waals surface area contributed by atoms with Gasteiger partial charge in [-0.15, -0.1) is 12.4 Å². The van der Waals surface area contributed by atoms with E-state index in [4.69, 9.17) is 5.73 Å². The first-order valence-corrected chi connectivity index (χ1v) is 7.77. The average molecular weight is 336 g/mol. The van der Waals surface area contributed by atoms with Crippen molar-refractivity contribution in [3.8, 4) is 0 Å². The normalized spacial score (nSPS) is 23.3. The summed E-state index contributed by atoms with van der Waals surface area (Å²) in [5, 5.41) is 11.0. The molecule has 1 aliphatic rings. The molecule has 0 spiro atoms. The molecule has 7 nitrogen and oxygen atoms in total. The van der Waals surface area contributed by atoms with E-state index in [0.29, 0.717) is 13.0 Å². The Morgan fingerprint density at radius 1 is 1.38 bits per heavy atom. The van der Waals surface area contributed by atoms with Crippen LogP contribution in [0.3, 0.4) is 0 Å². The number of nitrogens with zero attached hydrogens (tertiary/aromatic N) is 2. The third-order valence-electron chi connectivity index (χ3n) is 3.61. The van der Waals surface area contributed by atoms with Gasteiger partial charge in [-0.3, -0.25) is 10.1 Å². The Balaban J connectivity index is 0.00000220. The predicted molar refractivity (Wildman–Crippen MR) is 80.9 cm³/mol. The second-order valence-electron chi connectivity index (χ2n) is 5.02. The standard InChI is InChI=1S/C12H17N3O4S.ClH/c1-9-8-14(7-6-10(9)13)20(18,19)12-5-3-2-4-11(12)15(16)17;/h2-5,9-10H,6-8,13H2,1H3;1H. The van der Waals surface area contributed by atoms with Crippen molar-refractivity contribution in [3.63, 3.8) is 0 Å². The molecule has 1 fully saturated rings. The molecule has 0 aliphatic carbocycles. The van der Waals surface area contributed by atoms with Gasteiger partial charge in [0.25, 0.3) is 5.69 Å². The second kappa shape index (κ2) is 6.69. The van der Waals surface area contributed by atoms with Gasteiger partial charge in [-0.25, -0.2) is 8.42 Å². The van der Waals surface area contributed by atoms with Crippen molar-refractivity contribution in [1.29, 1.82) is 0 Å². The molecule has 2 rings (SSSR count). The Morgan fingerprint density at radius 2 is 2.00 bits per heavy atom. The first-order valence-electron chi connectivity index (χ1n) is 6.33. The molecule has 9 heteroatoms. The Bertz CT molecular complexity index is 623. The van der Waals surface area contributed by atoms with E-state index in [-0.39, 0.29) is 35.8 Å². The van der Waals surface area contributed by atoms with Crippen LogP contribution in [0.1, 0.15) is 13.3 Å². The van der Waals surface area contributed by atoms with Crippen molar-refractivity contribution in [3.05, 3.63) is 34.4 Å². The molecule has 0 aromatic heterocycles. The molecular formula is C12H18ClN3O4S. The topological polar surface area (TPSA) is 107 Å². The maximum absolute atomic E-state index is 12.5. The summed E-state index contributed by atoms with van der Waals surface area (Å²) < 4.78 is 26.4. The lowest BCUT2D eigenvalue weighted by molar-refractivity contribution is -0.387. The van der Waals surface area contributed by atoms with Gasteiger partial charge in [-0.05, 0) is 18.4 Å². The van der Waals surface area contributed by atoms with E-state index in [2.05, 4.69) is 0 Å². The SMILES string of the molecule is CC1CN(S(=O)(=O)c2ccccc2[N+](=O)[O-])CCC1N.Cl. The van der Waals surface area contributed by atoms with Crippen molar-refractivity contribution in [1.82, 2.24) is 4.31 Å². The van der Waals surface area contributed by atoms with Crippen LogP contribution in [0.2, 0.25) is 0 Å². The molecule has 1 aromatic rings. The Labute approximate surface area is 129 Å². The lowest BCUT2D eigenvalue weighted by Crippen LogP contribution is -2.48. The van der Waals surface area contributed by atoms with Gasteiger partial charge in [0.05, 0.1) is 4.92 Å². The van der Waals surface area contributed by atoms with Gasteiger partial charge >= 0.3 is 0 Å². The van der Waals surface area contributed by atoms with E-state index in [1.54, 1.807) is 0 Å². The fourth-order valence-electron chi connectivity index (χ4n) is 2.31. The lowest BCUT2D eigenvalue weighted by Gasteiger charge is -2.34. The lowest BCUT2D eigenvalue weighted by atomic mass is 9.96. The predicted octanol–water partition coefficient (Wildman–Crippen LogP) is 1.37. The quantitative estimate of drug-likeness (QED) is 0.663. The fraction of sp³-hybridized carbons (Fsp3) is 0.500. The van der Waals surface area contributed by atoms with E-state index >= 15 is 0 Å². The van der Waals surface area contributed by atoms with Crippen LogP contribution in [-0.4, -0.2) is 36.8 Å². The van der Waals surface area contributed by atoms with Gasteiger partial charge in [-0.1, -0.05) is 19.1 Å². The average Bonchev–Trinajstić information content (AvgIpc) is 2.41. The largest absolute Gasteiger partial charge is 0.327 e. The number of piperidine rings is 1. The number of para-hydroxylation sites is 1. The summed E-state index contributed by atoms with van der Waals surface area (Å²) in [6.07, 6.45) is 0.557. The third kappa shape index (κ3) is 3.52. The summed E-state index contributed by atoms with van der Waals surface area (Å²) in [7, 11) is -3.86. The molecule has 0 radical (unpaired) electrons. The summed E-state index contributed by atoms with van der Waals surface area (Å²) in [4.78, 5) is 10.0. The number of hydrogen-bond donors (Lipinski definition) is 1. The van der Waals surface area contributed by atoms with Crippen LogP contribution < -0.4 is 5.73 Å². The van der Waals surface area contributed by atoms with Crippen molar-refractivity contribution < 1.29 is 13.3 Å². The molecule has 21 heavy (non-hydrogen) atoms. The molecule has 0 amide bonds. The van der Waals surface area contributed by atoms with Crippen LogP contribution in [0.25, 0.3) is 0 Å². The van der Waals surface area contributed by atoms with E-state index in [0.717, 1.165) is 0 Å². The zero-order valence-corrected chi connectivity index (χ0v) is 13.1. The molecule has 1 heterocycles. The van der Waals surface area contributed by atoms with E-state index < -0.39 is 20.6 Å². The van der Waals surface area contributed by atoms with E-state index in [1.165, 1.54) is 28.6 Å². The minimum atomic E-state index is -3.86. The molecule has 0 saturated carbocycles. The molecular weight excluding hydrogens is 318 g/mol. The molecule has 2 atom stereocenters. The van der Waals surface area contributed by atoms with Crippen molar-refractivity contribution >= 4 is 28.1 Å². The van der Waals surface area contributed by atoms with Gasteiger partial charge in [-0.2, -0.15) is 4.31 Å². The zero-order chi connectivity index (χ0) is 14.9. The molecule has 118 valence electrons. The number of halogens is 1.